The van der Waals surface area contributed by atoms with E-state index in [-0.39, 0.29) is 12.5 Å². The zero-order chi connectivity index (χ0) is 9.97. The summed E-state index contributed by atoms with van der Waals surface area (Å²) in [5.41, 5.74) is 5.32. The number of nitrogens with two attached hydrogens (primary N) is 1. The Morgan fingerprint density at radius 3 is 2.86 bits per heavy atom. The molecule has 80 valence electrons. The maximum atomic E-state index is 11.3. The van der Waals surface area contributed by atoms with Crippen molar-refractivity contribution in [2.75, 3.05) is 26.2 Å². The van der Waals surface area contributed by atoms with Crippen LogP contribution in [0.25, 0.3) is 0 Å². The van der Waals surface area contributed by atoms with Crippen LogP contribution in [0.15, 0.2) is 0 Å². The minimum Gasteiger partial charge on any atom is -0.340 e. The average molecular weight is 197 g/mol. The molecule has 1 unspecified atom stereocenters. The van der Waals surface area contributed by atoms with Crippen LogP contribution in [0, 0.1) is 5.92 Å². The maximum Gasteiger partial charge on any atom is 0.236 e. The highest BCUT2D eigenvalue weighted by atomic mass is 16.2. The Morgan fingerprint density at radius 2 is 2.21 bits per heavy atom. The van der Waals surface area contributed by atoms with Gasteiger partial charge in [-0.05, 0) is 31.7 Å². The minimum atomic E-state index is 0.0840. The fraction of sp³-hybridized carbons (Fsp3) is 0.900. The van der Waals surface area contributed by atoms with Gasteiger partial charge in [0.05, 0.1) is 6.54 Å². The predicted octanol–water partition coefficient (Wildman–Crippen LogP) is -0.454. The number of hydrogen-bond acceptors (Lipinski definition) is 3. The lowest BCUT2D eigenvalue weighted by Gasteiger charge is -2.15. The van der Waals surface area contributed by atoms with Crippen molar-refractivity contribution in [2.24, 2.45) is 11.7 Å². The third-order valence-corrected chi connectivity index (χ3v) is 3.11. The quantitative estimate of drug-likeness (QED) is 0.641. The zero-order valence-electron chi connectivity index (χ0n) is 8.54. The Hall–Kier alpha value is -0.610. The van der Waals surface area contributed by atoms with Gasteiger partial charge in [0, 0.05) is 19.1 Å². The van der Waals surface area contributed by atoms with Crippen LogP contribution >= 0.6 is 0 Å². The highest BCUT2D eigenvalue weighted by Crippen LogP contribution is 2.28. The standard InChI is InChI=1S/C10H19N3O/c11-5-10(14)13-4-3-9(7-13)12-6-8-1-2-8/h8-9,12H,1-7,11H2. The molecule has 1 saturated carbocycles. The molecule has 0 radical (unpaired) electrons. The number of likely N-dealkylation sites (tertiary alicyclic amines) is 1. The van der Waals surface area contributed by atoms with E-state index in [1.807, 2.05) is 4.90 Å². The number of hydrogen-bond donors (Lipinski definition) is 2. The monoisotopic (exact) mass is 197 g/mol. The minimum absolute atomic E-state index is 0.0840. The molecule has 2 fully saturated rings. The summed E-state index contributed by atoms with van der Waals surface area (Å²) in [4.78, 5) is 13.1. The van der Waals surface area contributed by atoms with Crippen molar-refractivity contribution in [1.82, 2.24) is 10.2 Å². The van der Waals surface area contributed by atoms with Gasteiger partial charge >= 0.3 is 0 Å². The second-order valence-corrected chi connectivity index (χ2v) is 4.38. The largest absolute Gasteiger partial charge is 0.340 e. The van der Waals surface area contributed by atoms with E-state index >= 15 is 0 Å². The van der Waals surface area contributed by atoms with Gasteiger partial charge in [0.25, 0.3) is 0 Å². The van der Waals surface area contributed by atoms with Crippen molar-refractivity contribution in [2.45, 2.75) is 25.3 Å². The number of nitrogens with zero attached hydrogens (tertiary/aromatic N) is 1. The number of amides is 1. The molecular weight excluding hydrogens is 178 g/mol. The van der Waals surface area contributed by atoms with Crippen LogP contribution in [-0.4, -0.2) is 43.0 Å². The summed E-state index contributed by atoms with van der Waals surface area (Å²) in [5.74, 6) is 0.995. The van der Waals surface area contributed by atoms with Gasteiger partial charge in [-0.3, -0.25) is 4.79 Å². The first-order valence-electron chi connectivity index (χ1n) is 5.51. The second kappa shape index (κ2) is 4.28. The molecule has 3 N–H and O–H groups in total. The van der Waals surface area contributed by atoms with Gasteiger partial charge in [0.1, 0.15) is 0 Å². The van der Waals surface area contributed by atoms with Crippen molar-refractivity contribution in [3.05, 3.63) is 0 Å². The highest BCUT2D eigenvalue weighted by molar-refractivity contribution is 5.78. The van der Waals surface area contributed by atoms with Crippen molar-refractivity contribution in [1.29, 1.82) is 0 Å². The molecule has 2 rings (SSSR count). The van der Waals surface area contributed by atoms with E-state index < -0.39 is 0 Å². The summed E-state index contributed by atoms with van der Waals surface area (Å²) in [6, 6.07) is 0.506. The van der Waals surface area contributed by atoms with E-state index in [9.17, 15) is 4.79 Å². The summed E-state index contributed by atoms with van der Waals surface area (Å²) in [6.45, 7) is 3.01. The molecule has 4 heteroatoms. The van der Waals surface area contributed by atoms with Crippen LogP contribution in [-0.2, 0) is 4.79 Å². The molecule has 2 aliphatic rings. The van der Waals surface area contributed by atoms with Gasteiger partial charge in [-0.15, -0.1) is 0 Å². The van der Waals surface area contributed by atoms with E-state index in [4.69, 9.17) is 5.73 Å². The molecule has 1 aliphatic heterocycles. The Balaban J connectivity index is 1.67. The van der Waals surface area contributed by atoms with E-state index in [2.05, 4.69) is 5.32 Å². The Morgan fingerprint density at radius 1 is 1.43 bits per heavy atom. The SMILES string of the molecule is NCC(=O)N1CCC(NCC2CC2)C1. The summed E-state index contributed by atoms with van der Waals surface area (Å²) in [7, 11) is 0. The van der Waals surface area contributed by atoms with E-state index in [0.717, 1.165) is 32.0 Å². The van der Waals surface area contributed by atoms with Gasteiger partial charge < -0.3 is 16.0 Å². The summed E-state index contributed by atoms with van der Waals surface area (Å²) >= 11 is 0. The van der Waals surface area contributed by atoms with E-state index in [1.54, 1.807) is 0 Å². The van der Waals surface area contributed by atoms with Crippen LogP contribution in [0.5, 0.6) is 0 Å². The van der Waals surface area contributed by atoms with Crippen molar-refractivity contribution in [3.8, 4) is 0 Å². The zero-order valence-corrected chi connectivity index (χ0v) is 8.54. The average Bonchev–Trinajstić information content (AvgIpc) is 2.92. The Labute approximate surface area is 84.8 Å². The first kappa shape index (κ1) is 9.93. The third kappa shape index (κ3) is 2.45. The lowest BCUT2D eigenvalue weighted by Crippen LogP contribution is -2.38. The molecule has 0 aromatic rings. The number of carbonyl (C=O) groups excluding carboxylic acids is 1. The normalized spacial score (nSPS) is 26.9. The van der Waals surface area contributed by atoms with Gasteiger partial charge in [-0.2, -0.15) is 0 Å². The van der Waals surface area contributed by atoms with Crippen LogP contribution in [0.4, 0.5) is 0 Å². The number of carbonyl (C=O) groups is 1. The maximum absolute atomic E-state index is 11.3. The predicted molar refractivity (Wildman–Crippen MR) is 54.8 cm³/mol. The lowest BCUT2D eigenvalue weighted by atomic mass is 10.2. The van der Waals surface area contributed by atoms with E-state index in [1.165, 1.54) is 12.8 Å². The molecule has 0 spiro atoms. The van der Waals surface area contributed by atoms with Crippen molar-refractivity contribution >= 4 is 5.91 Å². The molecule has 1 saturated heterocycles. The van der Waals surface area contributed by atoms with Crippen LogP contribution in [0.3, 0.4) is 0 Å². The van der Waals surface area contributed by atoms with Crippen molar-refractivity contribution < 1.29 is 4.79 Å². The van der Waals surface area contributed by atoms with Crippen LogP contribution in [0.2, 0.25) is 0 Å². The summed E-state index contributed by atoms with van der Waals surface area (Å²) in [6.07, 6.45) is 3.84. The van der Waals surface area contributed by atoms with Gasteiger partial charge in [0.2, 0.25) is 5.91 Å². The first-order valence-corrected chi connectivity index (χ1v) is 5.51. The smallest absolute Gasteiger partial charge is 0.236 e. The topological polar surface area (TPSA) is 58.4 Å². The highest BCUT2D eigenvalue weighted by Gasteiger charge is 2.27. The number of nitrogens with one attached hydrogen (secondary N) is 1. The molecule has 0 aromatic heterocycles. The number of rotatable bonds is 4. The second-order valence-electron chi connectivity index (χ2n) is 4.38. The first-order chi connectivity index (χ1) is 6.79. The fourth-order valence-electron chi connectivity index (χ4n) is 1.94. The summed E-state index contributed by atoms with van der Waals surface area (Å²) < 4.78 is 0. The van der Waals surface area contributed by atoms with Crippen LogP contribution in [0.1, 0.15) is 19.3 Å². The molecule has 14 heavy (non-hydrogen) atoms. The van der Waals surface area contributed by atoms with Gasteiger partial charge in [-0.25, -0.2) is 0 Å². The molecule has 1 aliphatic carbocycles. The molecule has 1 amide bonds. The fourth-order valence-corrected chi connectivity index (χ4v) is 1.94. The lowest BCUT2D eigenvalue weighted by molar-refractivity contribution is -0.128. The van der Waals surface area contributed by atoms with E-state index in [0.29, 0.717) is 6.04 Å². The molecular formula is C10H19N3O. The molecule has 4 nitrogen and oxygen atoms in total. The van der Waals surface area contributed by atoms with Gasteiger partial charge in [-0.1, -0.05) is 0 Å². The van der Waals surface area contributed by atoms with Gasteiger partial charge in [0.15, 0.2) is 0 Å². The molecule has 0 aromatic carbocycles. The molecule has 0 bridgehead atoms. The molecule has 1 atom stereocenters. The van der Waals surface area contributed by atoms with Crippen LogP contribution < -0.4 is 11.1 Å². The third-order valence-electron chi connectivity index (χ3n) is 3.11. The Bertz CT molecular complexity index is 215. The Kier molecular flexibility index (Phi) is 3.03. The molecule has 1 heterocycles. The van der Waals surface area contributed by atoms with Crippen molar-refractivity contribution in [3.63, 3.8) is 0 Å². The summed E-state index contributed by atoms with van der Waals surface area (Å²) in [5, 5.41) is 3.52.